The molecule has 3 aromatic heterocycles. The Morgan fingerprint density at radius 1 is 1.14 bits per heavy atom. The van der Waals surface area contributed by atoms with Crippen LogP contribution >= 0.6 is 0 Å². The molecule has 29 heavy (non-hydrogen) atoms. The molecule has 0 saturated heterocycles. The maximum atomic E-state index is 14.5. The van der Waals surface area contributed by atoms with Gasteiger partial charge in [0.1, 0.15) is 17.2 Å². The number of rotatable bonds is 4. The number of nitrogens with zero attached hydrogens (tertiary/aromatic N) is 3. The summed E-state index contributed by atoms with van der Waals surface area (Å²) in [5.41, 5.74) is 0.799. The lowest BCUT2D eigenvalue weighted by Crippen LogP contribution is -2.51. The molecular formula is C20H19F2N5O2. The first kappa shape index (κ1) is 18.0. The lowest BCUT2D eigenvalue weighted by molar-refractivity contribution is -0.148. The van der Waals surface area contributed by atoms with Crippen LogP contribution in [-0.2, 0) is 4.79 Å². The van der Waals surface area contributed by atoms with Crippen molar-refractivity contribution in [3.05, 3.63) is 36.3 Å². The number of aromatic amines is 1. The predicted octanol–water partition coefficient (Wildman–Crippen LogP) is 3.60. The average Bonchev–Trinajstić information content (AvgIpc) is 3.13. The standard InChI is InChI=1S/C20H19F2N5O2/c21-11-5-12-13(7-24-18(12)23-6-11)17-14(22)8-25-20(27-17)26-16-10-3-1-9(2-4-10)15(16)19(28)29/h5-10,15-16H,1-4H2,(H,23,24)(H,28,29)(H,25,26,27)/t9?,10?,15-,16+/m1/s1. The second-order valence-corrected chi connectivity index (χ2v) is 7.85. The number of aromatic nitrogens is 4. The van der Waals surface area contributed by atoms with Crippen molar-refractivity contribution >= 4 is 23.0 Å². The van der Waals surface area contributed by atoms with Gasteiger partial charge in [0, 0.05) is 23.2 Å². The minimum Gasteiger partial charge on any atom is -0.481 e. The van der Waals surface area contributed by atoms with Gasteiger partial charge >= 0.3 is 5.97 Å². The van der Waals surface area contributed by atoms with Gasteiger partial charge in [-0.3, -0.25) is 4.79 Å². The number of carboxylic acid groups (broad SMARTS) is 1. The normalized spacial score (nSPS) is 26.0. The highest BCUT2D eigenvalue weighted by Crippen LogP contribution is 2.46. The van der Waals surface area contributed by atoms with E-state index in [-0.39, 0.29) is 29.5 Å². The third-order valence-corrected chi connectivity index (χ3v) is 6.30. The number of halogens is 2. The van der Waals surface area contributed by atoms with E-state index >= 15 is 0 Å². The van der Waals surface area contributed by atoms with Crippen LogP contribution in [0.25, 0.3) is 22.3 Å². The van der Waals surface area contributed by atoms with Gasteiger partial charge in [0.05, 0.1) is 18.3 Å². The fraction of sp³-hybridized carbons (Fsp3) is 0.400. The highest BCUT2D eigenvalue weighted by molar-refractivity contribution is 5.92. The molecule has 0 amide bonds. The summed E-state index contributed by atoms with van der Waals surface area (Å²) in [6, 6.07) is 0.976. The fourth-order valence-electron chi connectivity index (χ4n) is 4.96. The lowest BCUT2D eigenvalue weighted by Gasteiger charge is -2.46. The summed E-state index contributed by atoms with van der Waals surface area (Å²) >= 11 is 0. The summed E-state index contributed by atoms with van der Waals surface area (Å²) < 4.78 is 28.2. The molecule has 0 aliphatic heterocycles. The lowest BCUT2D eigenvalue weighted by atomic mass is 9.61. The Morgan fingerprint density at radius 2 is 1.90 bits per heavy atom. The van der Waals surface area contributed by atoms with Gasteiger partial charge in [-0.15, -0.1) is 0 Å². The predicted molar refractivity (Wildman–Crippen MR) is 101 cm³/mol. The number of H-pyrrole nitrogens is 1. The van der Waals surface area contributed by atoms with Gasteiger partial charge in [-0.05, 0) is 43.6 Å². The molecule has 150 valence electrons. The molecule has 0 spiro atoms. The molecule has 6 rings (SSSR count). The molecule has 3 aromatic rings. The molecular weight excluding hydrogens is 380 g/mol. The van der Waals surface area contributed by atoms with Crippen molar-refractivity contribution < 1.29 is 18.7 Å². The molecule has 2 atom stereocenters. The largest absolute Gasteiger partial charge is 0.481 e. The van der Waals surface area contributed by atoms with Gasteiger partial charge in [-0.25, -0.2) is 23.7 Å². The third kappa shape index (κ3) is 3.01. The second kappa shape index (κ2) is 6.75. The molecule has 3 heterocycles. The number of pyridine rings is 1. The van der Waals surface area contributed by atoms with Crippen molar-refractivity contribution in [1.82, 2.24) is 19.9 Å². The molecule has 7 nitrogen and oxygen atoms in total. The SMILES string of the molecule is O=C(O)[C@@H]1C2CCC(CC2)[C@@H]1Nc1ncc(F)c(-c2c[nH]c3ncc(F)cc23)n1. The zero-order valence-corrected chi connectivity index (χ0v) is 15.4. The van der Waals surface area contributed by atoms with Crippen LogP contribution in [0.4, 0.5) is 14.7 Å². The minimum atomic E-state index is -0.822. The molecule has 3 aliphatic rings. The van der Waals surface area contributed by atoms with Gasteiger partial charge in [0.2, 0.25) is 5.95 Å². The summed E-state index contributed by atoms with van der Waals surface area (Å²) in [4.78, 5) is 27.0. The number of anilines is 1. The molecule has 0 unspecified atom stereocenters. The molecule has 3 aliphatic carbocycles. The first-order valence-corrected chi connectivity index (χ1v) is 9.66. The van der Waals surface area contributed by atoms with Crippen LogP contribution in [0.3, 0.4) is 0 Å². The Balaban J connectivity index is 1.51. The number of hydrogen-bond donors (Lipinski definition) is 3. The van der Waals surface area contributed by atoms with Crippen LogP contribution in [0.5, 0.6) is 0 Å². The molecule has 3 N–H and O–H groups in total. The summed E-state index contributed by atoms with van der Waals surface area (Å²) in [6.45, 7) is 0. The van der Waals surface area contributed by atoms with Crippen LogP contribution in [0.2, 0.25) is 0 Å². The highest BCUT2D eigenvalue weighted by Gasteiger charge is 2.47. The molecule has 0 aromatic carbocycles. The van der Waals surface area contributed by atoms with E-state index in [1.54, 1.807) is 0 Å². The van der Waals surface area contributed by atoms with Crippen molar-refractivity contribution in [3.63, 3.8) is 0 Å². The zero-order chi connectivity index (χ0) is 20.1. The maximum Gasteiger partial charge on any atom is 0.308 e. The summed E-state index contributed by atoms with van der Waals surface area (Å²) in [6.07, 6.45) is 7.42. The number of nitrogens with one attached hydrogen (secondary N) is 2. The van der Waals surface area contributed by atoms with Gasteiger partial charge in [0.25, 0.3) is 0 Å². The Morgan fingerprint density at radius 3 is 2.66 bits per heavy atom. The van der Waals surface area contributed by atoms with E-state index < -0.39 is 23.5 Å². The number of hydrogen-bond acceptors (Lipinski definition) is 5. The van der Waals surface area contributed by atoms with Crippen LogP contribution < -0.4 is 5.32 Å². The zero-order valence-electron chi connectivity index (χ0n) is 15.4. The summed E-state index contributed by atoms with van der Waals surface area (Å²) in [5, 5.41) is 13.3. The smallest absolute Gasteiger partial charge is 0.308 e. The Bertz CT molecular complexity index is 1090. The minimum absolute atomic E-state index is 0.00833. The van der Waals surface area contributed by atoms with Crippen molar-refractivity contribution in [1.29, 1.82) is 0 Å². The topological polar surface area (TPSA) is 104 Å². The number of fused-ring (bicyclic) bond motifs is 4. The van der Waals surface area contributed by atoms with Gasteiger partial charge in [-0.1, -0.05) is 0 Å². The van der Waals surface area contributed by atoms with Crippen LogP contribution in [0.15, 0.2) is 24.7 Å². The van der Waals surface area contributed by atoms with Crippen LogP contribution in [0.1, 0.15) is 25.7 Å². The van der Waals surface area contributed by atoms with Gasteiger partial charge < -0.3 is 15.4 Å². The molecule has 0 radical (unpaired) electrons. The van der Waals surface area contributed by atoms with E-state index in [9.17, 15) is 18.7 Å². The molecule has 2 bridgehead atoms. The van der Waals surface area contributed by atoms with E-state index in [0.717, 1.165) is 38.1 Å². The number of carboxylic acids is 1. The number of aliphatic carboxylic acids is 1. The van der Waals surface area contributed by atoms with Crippen molar-refractivity contribution in [2.75, 3.05) is 5.32 Å². The van der Waals surface area contributed by atoms with Crippen molar-refractivity contribution in [2.24, 2.45) is 17.8 Å². The summed E-state index contributed by atoms with van der Waals surface area (Å²) in [5.74, 6) is -1.98. The monoisotopic (exact) mass is 399 g/mol. The maximum absolute atomic E-state index is 14.5. The van der Waals surface area contributed by atoms with Crippen molar-refractivity contribution in [2.45, 2.75) is 31.7 Å². The molecule has 3 fully saturated rings. The van der Waals surface area contributed by atoms with Gasteiger partial charge in [-0.2, -0.15) is 0 Å². The van der Waals surface area contributed by atoms with Crippen LogP contribution in [-0.4, -0.2) is 37.1 Å². The summed E-state index contributed by atoms with van der Waals surface area (Å²) in [7, 11) is 0. The van der Waals surface area contributed by atoms with E-state index in [1.165, 1.54) is 12.3 Å². The molecule has 3 saturated carbocycles. The average molecular weight is 399 g/mol. The fourth-order valence-corrected chi connectivity index (χ4v) is 4.96. The van der Waals surface area contributed by atoms with E-state index in [2.05, 4.69) is 25.3 Å². The van der Waals surface area contributed by atoms with E-state index in [4.69, 9.17) is 0 Å². The van der Waals surface area contributed by atoms with Gasteiger partial charge in [0.15, 0.2) is 5.82 Å². The van der Waals surface area contributed by atoms with E-state index in [1.807, 2.05) is 0 Å². The van der Waals surface area contributed by atoms with E-state index in [0.29, 0.717) is 16.6 Å². The van der Waals surface area contributed by atoms with Crippen LogP contribution in [0, 0.1) is 29.4 Å². The quantitative estimate of drug-likeness (QED) is 0.619. The first-order chi connectivity index (χ1) is 14.0. The molecule has 9 heteroatoms. The second-order valence-electron chi connectivity index (χ2n) is 7.85. The first-order valence-electron chi connectivity index (χ1n) is 9.66. The van der Waals surface area contributed by atoms with Crippen molar-refractivity contribution in [3.8, 4) is 11.3 Å². The Kier molecular flexibility index (Phi) is 4.18. The Labute approximate surface area is 164 Å². The highest BCUT2D eigenvalue weighted by atomic mass is 19.1. The Hall–Kier alpha value is -3.10. The number of carbonyl (C=O) groups is 1. The third-order valence-electron chi connectivity index (χ3n) is 6.30.